The van der Waals surface area contributed by atoms with Crippen LogP contribution in [0.25, 0.3) is 0 Å². The van der Waals surface area contributed by atoms with Gasteiger partial charge in [-0.05, 0) is 67.3 Å². The molecule has 0 radical (unpaired) electrons. The second-order valence-corrected chi connectivity index (χ2v) is 8.01. The number of methoxy groups -OCH3 is 1. The van der Waals surface area contributed by atoms with Crippen molar-refractivity contribution in [2.24, 2.45) is 5.73 Å². The second-order valence-electron chi connectivity index (χ2n) is 8.01. The van der Waals surface area contributed by atoms with E-state index in [4.69, 9.17) is 19.9 Å². The van der Waals surface area contributed by atoms with Crippen LogP contribution >= 0.6 is 0 Å². The number of rotatable bonds is 15. The zero-order valence-electron chi connectivity index (χ0n) is 19.6. The molecule has 0 aliphatic heterocycles. The average molecular weight is 464 g/mol. The number of carbonyl (C=O) groups excluding carboxylic acids is 1. The summed E-state index contributed by atoms with van der Waals surface area (Å²) in [7, 11) is 1.68. The molecule has 0 saturated heterocycles. The summed E-state index contributed by atoms with van der Waals surface area (Å²) in [4.78, 5) is 15.5. The van der Waals surface area contributed by atoms with Crippen LogP contribution in [0.4, 0.5) is 5.69 Å². The van der Waals surface area contributed by atoms with Crippen molar-refractivity contribution < 1.29 is 19.0 Å². The van der Waals surface area contributed by atoms with Gasteiger partial charge in [0, 0.05) is 38.0 Å². The van der Waals surface area contributed by atoms with Crippen molar-refractivity contribution >= 4 is 11.6 Å². The van der Waals surface area contributed by atoms with Crippen molar-refractivity contribution in [3.8, 4) is 11.5 Å². The highest BCUT2D eigenvalue weighted by Gasteiger charge is 2.12. The molecule has 0 aliphatic rings. The first-order valence-corrected chi connectivity index (χ1v) is 11.5. The number of hydrogen-bond donors (Lipinski definition) is 2. The fourth-order valence-electron chi connectivity index (χ4n) is 3.57. The van der Waals surface area contributed by atoms with Crippen LogP contribution in [0, 0.1) is 0 Å². The van der Waals surface area contributed by atoms with Crippen LogP contribution in [0.3, 0.4) is 0 Å². The van der Waals surface area contributed by atoms with E-state index in [0.717, 1.165) is 42.8 Å². The minimum absolute atomic E-state index is 0.00416. The number of anilines is 1. The number of aromatic nitrogens is 1. The molecule has 0 bridgehead atoms. The molecular weight excluding hydrogens is 430 g/mol. The lowest BCUT2D eigenvalue weighted by atomic mass is 10.1. The Balaban J connectivity index is 1.52. The lowest BCUT2D eigenvalue weighted by molar-refractivity contribution is 0.0999. The first-order chi connectivity index (χ1) is 16.6. The van der Waals surface area contributed by atoms with E-state index in [1.54, 1.807) is 31.5 Å². The van der Waals surface area contributed by atoms with Crippen molar-refractivity contribution in [2.75, 3.05) is 25.6 Å². The summed E-state index contributed by atoms with van der Waals surface area (Å²) in [5, 5.41) is 3.39. The number of hydrogen-bond acceptors (Lipinski definition) is 6. The Bertz CT molecular complexity index is 1010. The SMILES string of the molecule is COCc1cccc(OC(CCCCNc2cccnc2)CCOc2cccc(C(N)=O)c2)c1. The van der Waals surface area contributed by atoms with Crippen LogP contribution < -0.4 is 20.5 Å². The smallest absolute Gasteiger partial charge is 0.248 e. The van der Waals surface area contributed by atoms with Crippen LogP contribution in [0.1, 0.15) is 41.6 Å². The molecule has 180 valence electrons. The number of primary amides is 1. The summed E-state index contributed by atoms with van der Waals surface area (Å²) in [6.45, 7) is 1.89. The summed E-state index contributed by atoms with van der Waals surface area (Å²) < 4.78 is 17.4. The molecule has 3 N–H and O–H groups in total. The minimum atomic E-state index is -0.470. The predicted molar refractivity (Wildman–Crippen MR) is 133 cm³/mol. The summed E-state index contributed by atoms with van der Waals surface area (Å²) in [5.41, 5.74) is 7.89. The van der Waals surface area contributed by atoms with Crippen molar-refractivity contribution in [1.29, 1.82) is 0 Å². The highest BCUT2D eigenvalue weighted by atomic mass is 16.5. The van der Waals surface area contributed by atoms with Gasteiger partial charge in [0.15, 0.2) is 0 Å². The van der Waals surface area contributed by atoms with Crippen LogP contribution in [-0.4, -0.2) is 37.3 Å². The molecule has 1 amide bonds. The Morgan fingerprint density at radius 2 is 1.88 bits per heavy atom. The van der Waals surface area contributed by atoms with Crippen molar-refractivity contribution in [3.63, 3.8) is 0 Å². The zero-order valence-corrected chi connectivity index (χ0v) is 19.6. The van der Waals surface area contributed by atoms with Gasteiger partial charge in [-0.3, -0.25) is 9.78 Å². The second kappa shape index (κ2) is 13.9. The molecule has 7 heteroatoms. The van der Waals surface area contributed by atoms with E-state index >= 15 is 0 Å². The van der Waals surface area contributed by atoms with E-state index in [9.17, 15) is 4.79 Å². The average Bonchev–Trinajstić information content (AvgIpc) is 2.85. The lowest BCUT2D eigenvalue weighted by Gasteiger charge is -2.20. The molecule has 0 aliphatic carbocycles. The molecule has 34 heavy (non-hydrogen) atoms. The third kappa shape index (κ3) is 8.75. The highest BCUT2D eigenvalue weighted by molar-refractivity contribution is 5.93. The number of pyridine rings is 1. The minimum Gasteiger partial charge on any atom is -0.493 e. The molecular formula is C27H33N3O4. The first kappa shape index (κ1) is 25.1. The standard InChI is InChI=1S/C27H33N3O4/c1-32-20-21-7-4-12-26(17-21)34-24(10-2-3-15-30-23-9-6-14-29-19-23)13-16-33-25-11-5-8-22(18-25)27(28)31/h4-9,11-12,14,17-19,24,30H,2-3,10,13,15-16,20H2,1H3,(H2,28,31). The Morgan fingerprint density at radius 1 is 1.03 bits per heavy atom. The van der Waals surface area contributed by atoms with Crippen molar-refractivity contribution in [1.82, 2.24) is 4.98 Å². The Labute approximate surface area is 201 Å². The number of amides is 1. The maximum atomic E-state index is 11.4. The van der Waals surface area contributed by atoms with E-state index in [1.807, 2.05) is 48.7 Å². The van der Waals surface area contributed by atoms with Gasteiger partial charge in [-0.2, -0.15) is 0 Å². The van der Waals surface area contributed by atoms with Crippen LogP contribution in [0.2, 0.25) is 0 Å². The number of nitrogens with one attached hydrogen (secondary N) is 1. The third-order valence-corrected chi connectivity index (χ3v) is 5.28. The number of nitrogens with zero attached hydrogens (tertiary/aromatic N) is 1. The van der Waals surface area contributed by atoms with E-state index < -0.39 is 5.91 Å². The van der Waals surface area contributed by atoms with E-state index in [1.165, 1.54) is 0 Å². The molecule has 1 atom stereocenters. The summed E-state index contributed by atoms with van der Waals surface area (Å²) in [6, 6.07) is 18.8. The van der Waals surface area contributed by atoms with Gasteiger partial charge in [0.2, 0.25) is 5.91 Å². The van der Waals surface area contributed by atoms with Crippen molar-refractivity contribution in [3.05, 3.63) is 84.2 Å². The van der Waals surface area contributed by atoms with Crippen LogP contribution in [-0.2, 0) is 11.3 Å². The Hall–Kier alpha value is -3.58. The fourth-order valence-corrected chi connectivity index (χ4v) is 3.57. The van der Waals surface area contributed by atoms with Gasteiger partial charge in [-0.25, -0.2) is 0 Å². The number of ether oxygens (including phenoxy) is 3. The van der Waals surface area contributed by atoms with Gasteiger partial charge < -0.3 is 25.3 Å². The van der Waals surface area contributed by atoms with E-state index in [0.29, 0.717) is 30.9 Å². The third-order valence-electron chi connectivity index (χ3n) is 5.28. The predicted octanol–water partition coefficient (Wildman–Crippen LogP) is 4.83. The molecule has 1 heterocycles. The van der Waals surface area contributed by atoms with Gasteiger partial charge in [-0.1, -0.05) is 18.2 Å². The zero-order chi connectivity index (χ0) is 24.0. The van der Waals surface area contributed by atoms with Gasteiger partial charge in [0.25, 0.3) is 0 Å². The van der Waals surface area contributed by atoms with E-state index in [2.05, 4.69) is 10.3 Å². The highest BCUT2D eigenvalue weighted by Crippen LogP contribution is 2.20. The quantitative estimate of drug-likeness (QED) is 0.314. The summed E-state index contributed by atoms with van der Waals surface area (Å²) in [6.07, 6.45) is 7.21. The molecule has 1 aromatic heterocycles. The summed E-state index contributed by atoms with van der Waals surface area (Å²) >= 11 is 0. The Kier molecular flexibility index (Phi) is 10.2. The van der Waals surface area contributed by atoms with Crippen LogP contribution in [0.15, 0.2) is 73.1 Å². The number of carbonyl (C=O) groups is 1. The molecule has 3 rings (SSSR count). The maximum absolute atomic E-state index is 11.4. The Morgan fingerprint density at radius 3 is 2.68 bits per heavy atom. The molecule has 7 nitrogen and oxygen atoms in total. The van der Waals surface area contributed by atoms with Crippen molar-refractivity contribution in [2.45, 2.75) is 38.4 Å². The molecule has 2 aromatic carbocycles. The monoisotopic (exact) mass is 463 g/mol. The first-order valence-electron chi connectivity index (χ1n) is 11.5. The molecule has 0 spiro atoms. The van der Waals surface area contributed by atoms with E-state index in [-0.39, 0.29) is 6.10 Å². The van der Waals surface area contributed by atoms with Gasteiger partial charge in [0.05, 0.1) is 18.9 Å². The molecule has 3 aromatic rings. The number of benzene rings is 2. The molecule has 0 fully saturated rings. The maximum Gasteiger partial charge on any atom is 0.248 e. The number of unbranched alkanes of at least 4 members (excludes halogenated alkanes) is 1. The largest absolute Gasteiger partial charge is 0.493 e. The topological polar surface area (TPSA) is 95.7 Å². The fraction of sp³-hybridized carbons (Fsp3) is 0.333. The van der Waals surface area contributed by atoms with Gasteiger partial charge >= 0.3 is 0 Å². The van der Waals surface area contributed by atoms with Crippen LogP contribution in [0.5, 0.6) is 11.5 Å². The lowest BCUT2D eigenvalue weighted by Crippen LogP contribution is -2.20. The summed E-state index contributed by atoms with van der Waals surface area (Å²) in [5.74, 6) is 0.976. The van der Waals surface area contributed by atoms with Gasteiger partial charge in [0.1, 0.15) is 17.6 Å². The number of nitrogens with two attached hydrogens (primary N) is 1. The molecule has 1 unspecified atom stereocenters. The van der Waals surface area contributed by atoms with Gasteiger partial charge in [-0.15, -0.1) is 0 Å². The normalized spacial score (nSPS) is 11.6. The molecule has 0 saturated carbocycles.